The lowest BCUT2D eigenvalue weighted by Gasteiger charge is -2.32. The summed E-state index contributed by atoms with van der Waals surface area (Å²) in [5, 5.41) is 2.77. The number of carbonyl (C=O) groups excluding carboxylic acids is 1. The molecule has 1 unspecified atom stereocenters. The van der Waals surface area contributed by atoms with E-state index in [4.69, 9.17) is 4.74 Å². The topological polar surface area (TPSA) is 38.3 Å². The van der Waals surface area contributed by atoms with Crippen LogP contribution in [0.1, 0.15) is 20.8 Å². The molecule has 1 amide bonds. The number of ether oxygens (including phenoxy) is 1. The van der Waals surface area contributed by atoms with Crippen LogP contribution in [0, 0.1) is 5.41 Å². The third kappa shape index (κ3) is 1.93. The highest BCUT2D eigenvalue weighted by Gasteiger charge is 2.33. The molecule has 1 heterocycles. The summed E-state index contributed by atoms with van der Waals surface area (Å²) in [5.74, 6) is 0.0174. The largest absolute Gasteiger partial charge is 0.366 e. The molecule has 0 spiro atoms. The van der Waals surface area contributed by atoms with E-state index in [2.05, 4.69) is 5.32 Å². The molecule has 11 heavy (non-hydrogen) atoms. The zero-order chi connectivity index (χ0) is 8.48. The Kier molecular flexibility index (Phi) is 2.18. The Labute approximate surface area is 67.1 Å². The first-order valence-corrected chi connectivity index (χ1v) is 3.91. The molecule has 0 aliphatic carbocycles. The lowest BCUT2D eigenvalue weighted by molar-refractivity contribution is -0.145. The van der Waals surface area contributed by atoms with Crippen molar-refractivity contribution in [1.29, 1.82) is 0 Å². The second kappa shape index (κ2) is 2.81. The van der Waals surface area contributed by atoms with E-state index in [0.29, 0.717) is 13.2 Å². The predicted molar refractivity (Wildman–Crippen MR) is 42.2 cm³/mol. The zero-order valence-electron chi connectivity index (χ0n) is 7.31. The van der Waals surface area contributed by atoms with E-state index >= 15 is 0 Å². The molecule has 0 bridgehead atoms. The minimum absolute atomic E-state index is 0.0174. The van der Waals surface area contributed by atoms with Gasteiger partial charge >= 0.3 is 0 Å². The van der Waals surface area contributed by atoms with E-state index in [9.17, 15) is 4.79 Å². The maximum Gasteiger partial charge on any atom is 0.249 e. The van der Waals surface area contributed by atoms with Crippen LogP contribution in [0.5, 0.6) is 0 Å². The normalized spacial score (nSPS) is 26.5. The first-order valence-electron chi connectivity index (χ1n) is 3.91. The molecule has 0 aromatic carbocycles. The van der Waals surface area contributed by atoms with E-state index in [1.165, 1.54) is 0 Å². The van der Waals surface area contributed by atoms with Gasteiger partial charge in [-0.1, -0.05) is 20.8 Å². The minimum Gasteiger partial charge on any atom is -0.366 e. The lowest BCUT2D eigenvalue weighted by atomic mass is 9.88. The van der Waals surface area contributed by atoms with Crippen LogP contribution in [0.3, 0.4) is 0 Å². The molecule has 1 atom stereocenters. The summed E-state index contributed by atoms with van der Waals surface area (Å²) >= 11 is 0. The monoisotopic (exact) mass is 157 g/mol. The zero-order valence-corrected chi connectivity index (χ0v) is 7.31. The fourth-order valence-corrected chi connectivity index (χ4v) is 1.16. The lowest BCUT2D eigenvalue weighted by Crippen LogP contribution is -2.50. The number of nitrogens with one attached hydrogen (secondary N) is 1. The predicted octanol–water partition coefficient (Wildman–Crippen LogP) is 0.547. The number of hydrogen-bond donors (Lipinski definition) is 1. The Bertz CT molecular complexity index is 160. The summed E-state index contributed by atoms with van der Waals surface area (Å²) in [6.07, 6.45) is -0.281. The smallest absolute Gasteiger partial charge is 0.249 e. The first kappa shape index (κ1) is 8.53. The van der Waals surface area contributed by atoms with Gasteiger partial charge in [-0.15, -0.1) is 0 Å². The van der Waals surface area contributed by atoms with Crippen LogP contribution in [0.2, 0.25) is 0 Å². The van der Waals surface area contributed by atoms with Gasteiger partial charge in [-0.2, -0.15) is 0 Å². The van der Waals surface area contributed by atoms with E-state index in [-0.39, 0.29) is 17.4 Å². The van der Waals surface area contributed by atoms with Gasteiger partial charge in [0.1, 0.15) is 6.10 Å². The molecule has 3 nitrogen and oxygen atoms in total. The number of carbonyl (C=O) groups is 1. The maximum absolute atomic E-state index is 11.2. The van der Waals surface area contributed by atoms with Gasteiger partial charge in [0.05, 0.1) is 6.61 Å². The molecule has 1 rings (SSSR count). The Morgan fingerprint density at radius 3 is 2.55 bits per heavy atom. The van der Waals surface area contributed by atoms with Crippen LogP contribution in [-0.4, -0.2) is 25.2 Å². The van der Waals surface area contributed by atoms with Crippen LogP contribution in [0.15, 0.2) is 0 Å². The second-order valence-corrected chi connectivity index (χ2v) is 3.91. The third-order valence-corrected chi connectivity index (χ3v) is 1.71. The summed E-state index contributed by atoms with van der Waals surface area (Å²) in [4.78, 5) is 11.2. The Morgan fingerprint density at radius 1 is 1.55 bits per heavy atom. The fraction of sp³-hybridized carbons (Fsp3) is 0.875. The van der Waals surface area contributed by atoms with E-state index in [0.717, 1.165) is 0 Å². The summed E-state index contributed by atoms with van der Waals surface area (Å²) in [6, 6.07) is 0. The van der Waals surface area contributed by atoms with Gasteiger partial charge in [-0.05, 0) is 5.41 Å². The van der Waals surface area contributed by atoms with E-state index in [1.54, 1.807) is 0 Å². The van der Waals surface area contributed by atoms with Crippen molar-refractivity contribution in [2.24, 2.45) is 5.41 Å². The number of rotatable bonds is 0. The molecule has 1 saturated heterocycles. The third-order valence-electron chi connectivity index (χ3n) is 1.71. The average Bonchev–Trinajstić information content (AvgIpc) is 1.86. The molecule has 1 aliphatic rings. The van der Waals surface area contributed by atoms with Crippen LogP contribution >= 0.6 is 0 Å². The second-order valence-electron chi connectivity index (χ2n) is 3.91. The van der Waals surface area contributed by atoms with Gasteiger partial charge in [0.2, 0.25) is 5.91 Å². The molecular weight excluding hydrogens is 142 g/mol. The van der Waals surface area contributed by atoms with Crippen molar-refractivity contribution in [3.05, 3.63) is 0 Å². The highest BCUT2D eigenvalue weighted by atomic mass is 16.5. The van der Waals surface area contributed by atoms with Gasteiger partial charge in [-0.25, -0.2) is 0 Å². The standard InChI is InChI=1S/C8H15NO2/c1-8(2,3)6-7(10)9-4-5-11-6/h6H,4-5H2,1-3H3,(H,9,10). The van der Waals surface area contributed by atoms with Crippen molar-refractivity contribution >= 4 is 5.91 Å². The Morgan fingerprint density at radius 2 is 2.18 bits per heavy atom. The number of hydrogen-bond acceptors (Lipinski definition) is 2. The molecule has 0 radical (unpaired) electrons. The van der Waals surface area contributed by atoms with Gasteiger partial charge in [-0.3, -0.25) is 4.79 Å². The Hall–Kier alpha value is -0.570. The Balaban J connectivity index is 2.62. The number of morpholine rings is 1. The molecule has 1 fully saturated rings. The van der Waals surface area contributed by atoms with E-state index in [1.807, 2.05) is 20.8 Å². The molecule has 0 aromatic heterocycles. The fourth-order valence-electron chi connectivity index (χ4n) is 1.16. The summed E-state index contributed by atoms with van der Waals surface area (Å²) in [6.45, 7) is 7.28. The summed E-state index contributed by atoms with van der Waals surface area (Å²) in [5.41, 5.74) is -0.0928. The van der Waals surface area contributed by atoms with Crippen LogP contribution < -0.4 is 5.32 Å². The SMILES string of the molecule is CC(C)(C)C1OCCNC1=O. The quantitative estimate of drug-likeness (QED) is 0.557. The van der Waals surface area contributed by atoms with Crippen molar-refractivity contribution in [3.63, 3.8) is 0 Å². The maximum atomic E-state index is 11.2. The summed E-state index contributed by atoms with van der Waals surface area (Å²) < 4.78 is 5.34. The van der Waals surface area contributed by atoms with Crippen LogP contribution in [0.4, 0.5) is 0 Å². The van der Waals surface area contributed by atoms with Crippen molar-refractivity contribution in [1.82, 2.24) is 5.32 Å². The van der Waals surface area contributed by atoms with Crippen molar-refractivity contribution in [2.45, 2.75) is 26.9 Å². The molecule has 3 heteroatoms. The number of amides is 1. The van der Waals surface area contributed by atoms with Crippen molar-refractivity contribution < 1.29 is 9.53 Å². The molecule has 1 N–H and O–H groups in total. The molecule has 64 valence electrons. The first-order chi connectivity index (χ1) is 5.02. The van der Waals surface area contributed by atoms with Gasteiger partial charge in [0.15, 0.2) is 0 Å². The highest BCUT2D eigenvalue weighted by molar-refractivity contribution is 5.82. The van der Waals surface area contributed by atoms with Crippen molar-refractivity contribution in [2.75, 3.05) is 13.2 Å². The van der Waals surface area contributed by atoms with Gasteiger partial charge < -0.3 is 10.1 Å². The van der Waals surface area contributed by atoms with Crippen LogP contribution in [0.25, 0.3) is 0 Å². The molecule has 0 aromatic rings. The van der Waals surface area contributed by atoms with Gasteiger partial charge in [0.25, 0.3) is 0 Å². The van der Waals surface area contributed by atoms with Gasteiger partial charge in [0, 0.05) is 6.54 Å². The molecule has 0 saturated carbocycles. The molecule has 1 aliphatic heterocycles. The highest BCUT2D eigenvalue weighted by Crippen LogP contribution is 2.23. The van der Waals surface area contributed by atoms with Crippen LogP contribution in [-0.2, 0) is 9.53 Å². The van der Waals surface area contributed by atoms with E-state index < -0.39 is 0 Å². The average molecular weight is 157 g/mol. The molecular formula is C8H15NO2. The summed E-state index contributed by atoms with van der Waals surface area (Å²) in [7, 11) is 0. The van der Waals surface area contributed by atoms with Crippen molar-refractivity contribution in [3.8, 4) is 0 Å². The minimum atomic E-state index is -0.281.